The van der Waals surface area contributed by atoms with Crippen LogP contribution in [0.4, 0.5) is 4.39 Å². The summed E-state index contributed by atoms with van der Waals surface area (Å²) in [5.41, 5.74) is 0.859. The van der Waals surface area contributed by atoms with Crippen molar-refractivity contribution in [2.24, 2.45) is 0 Å². The second-order valence-corrected chi connectivity index (χ2v) is 6.98. The summed E-state index contributed by atoms with van der Waals surface area (Å²) < 4.78 is 14.9. The molecular weight excluding hydrogens is 339 g/mol. The summed E-state index contributed by atoms with van der Waals surface area (Å²) in [6.07, 6.45) is 3.62. The first-order valence-corrected chi connectivity index (χ1v) is 8.55. The van der Waals surface area contributed by atoms with Crippen molar-refractivity contribution in [1.82, 2.24) is 19.5 Å². The summed E-state index contributed by atoms with van der Waals surface area (Å²) in [6.45, 7) is 1.85. The summed E-state index contributed by atoms with van der Waals surface area (Å²) >= 11 is 7.36. The predicted molar refractivity (Wildman–Crippen MR) is 86.6 cm³/mol. The molecule has 1 aliphatic rings. The van der Waals surface area contributed by atoms with Crippen LogP contribution in [-0.2, 0) is 0 Å². The molecule has 0 saturated carbocycles. The molecule has 1 aliphatic heterocycles. The van der Waals surface area contributed by atoms with Crippen LogP contribution >= 0.6 is 22.9 Å². The Hall–Kier alpha value is -1.70. The van der Waals surface area contributed by atoms with E-state index in [-0.39, 0.29) is 16.9 Å². The van der Waals surface area contributed by atoms with Crippen LogP contribution in [0.2, 0.25) is 5.02 Å². The second kappa shape index (κ2) is 5.74. The number of hydrogen-bond donors (Lipinski definition) is 1. The maximum Gasteiger partial charge on any atom is 0.230 e. The number of rotatable bonds is 3. The third kappa shape index (κ3) is 2.49. The van der Waals surface area contributed by atoms with Gasteiger partial charge in [-0.25, -0.2) is 9.37 Å². The van der Waals surface area contributed by atoms with Crippen LogP contribution in [-0.4, -0.2) is 37.7 Å². The Balaban J connectivity index is 1.86. The van der Waals surface area contributed by atoms with E-state index in [2.05, 4.69) is 15.0 Å². The summed E-state index contributed by atoms with van der Waals surface area (Å²) in [5.74, 6) is -0.359. The molecule has 1 aromatic carbocycles. The van der Waals surface area contributed by atoms with Crippen molar-refractivity contribution in [1.29, 1.82) is 0 Å². The molecule has 0 aliphatic carbocycles. The van der Waals surface area contributed by atoms with E-state index in [1.807, 2.05) is 0 Å². The third-order valence-corrected chi connectivity index (χ3v) is 5.53. The van der Waals surface area contributed by atoms with Crippen LogP contribution in [0, 0.1) is 5.82 Å². The maximum absolute atomic E-state index is 13.5. The van der Waals surface area contributed by atoms with Crippen molar-refractivity contribution < 1.29 is 9.50 Å². The Labute approximate surface area is 140 Å². The van der Waals surface area contributed by atoms with E-state index in [1.165, 1.54) is 28.2 Å². The van der Waals surface area contributed by atoms with Gasteiger partial charge in [-0.3, -0.25) is 4.90 Å². The fraction of sp³-hybridized carbons (Fsp3) is 0.333. The minimum absolute atomic E-state index is 0.0832. The normalized spacial score (nSPS) is 17.1. The van der Waals surface area contributed by atoms with E-state index >= 15 is 0 Å². The molecule has 0 spiro atoms. The van der Waals surface area contributed by atoms with E-state index in [4.69, 9.17) is 11.6 Å². The van der Waals surface area contributed by atoms with Crippen molar-refractivity contribution >= 4 is 27.9 Å². The third-order valence-electron chi connectivity index (χ3n) is 4.15. The fourth-order valence-corrected chi connectivity index (χ4v) is 4.36. The fourth-order valence-electron chi connectivity index (χ4n) is 3.08. The lowest BCUT2D eigenvalue weighted by Crippen LogP contribution is -2.26. The topological polar surface area (TPSA) is 53.7 Å². The second-order valence-electron chi connectivity index (χ2n) is 5.56. The number of aromatic nitrogens is 3. The Morgan fingerprint density at radius 2 is 2.09 bits per heavy atom. The molecule has 1 fully saturated rings. The highest BCUT2D eigenvalue weighted by molar-refractivity contribution is 7.17. The molecule has 3 aromatic rings. The standard InChI is InChI=1S/C15H14ClFN4OS/c16-10-7-9(3-4-11(10)17)12(20-5-1-2-6-20)13-14(22)21-15(23-13)18-8-19-21/h3-4,7-8,12,22H,1-2,5-6H2/t12-/m1/s1. The smallest absolute Gasteiger partial charge is 0.230 e. The van der Waals surface area contributed by atoms with Crippen molar-refractivity contribution in [3.8, 4) is 5.88 Å². The van der Waals surface area contributed by atoms with Gasteiger partial charge in [-0.1, -0.05) is 29.0 Å². The molecular formula is C15H14ClFN4OS. The molecule has 5 nitrogen and oxygen atoms in total. The number of fused-ring (bicyclic) bond motifs is 1. The van der Waals surface area contributed by atoms with Crippen molar-refractivity contribution in [3.63, 3.8) is 0 Å². The molecule has 0 amide bonds. The van der Waals surface area contributed by atoms with Gasteiger partial charge in [0.15, 0.2) is 0 Å². The van der Waals surface area contributed by atoms with Gasteiger partial charge in [0, 0.05) is 0 Å². The van der Waals surface area contributed by atoms with E-state index in [0.717, 1.165) is 36.4 Å². The SMILES string of the molecule is Oc1c([C@@H](c2ccc(F)c(Cl)c2)N2CCCC2)sc2ncnn12. The summed E-state index contributed by atoms with van der Waals surface area (Å²) in [4.78, 5) is 7.80. The number of nitrogens with zero attached hydrogens (tertiary/aromatic N) is 4. The number of aromatic hydroxyl groups is 1. The summed E-state index contributed by atoms with van der Waals surface area (Å²) in [7, 11) is 0. The molecule has 0 bridgehead atoms. The lowest BCUT2D eigenvalue weighted by Gasteiger charge is -2.27. The minimum Gasteiger partial charge on any atom is -0.492 e. The van der Waals surface area contributed by atoms with E-state index in [0.29, 0.717) is 4.96 Å². The molecule has 2 aromatic heterocycles. The quantitative estimate of drug-likeness (QED) is 0.784. The Bertz CT molecular complexity index is 858. The van der Waals surface area contributed by atoms with Gasteiger partial charge in [-0.15, -0.1) is 0 Å². The molecule has 0 unspecified atom stereocenters. The van der Waals surface area contributed by atoms with Gasteiger partial charge in [0.2, 0.25) is 10.8 Å². The highest BCUT2D eigenvalue weighted by atomic mass is 35.5. The Morgan fingerprint density at radius 1 is 1.30 bits per heavy atom. The number of hydrogen-bond acceptors (Lipinski definition) is 5. The molecule has 4 rings (SSSR count). The van der Waals surface area contributed by atoms with Crippen molar-refractivity contribution in [2.45, 2.75) is 18.9 Å². The minimum atomic E-state index is -0.442. The molecule has 120 valence electrons. The van der Waals surface area contributed by atoms with Gasteiger partial charge >= 0.3 is 0 Å². The molecule has 3 heterocycles. The van der Waals surface area contributed by atoms with Crippen LogP contribution in [0.15, 0.2) is 24.5 Å². The zero-order valence-electron chi connectivity index (χ0n) is 12.1. The van der Waals surface area contributed by atoms with Gasteiger partial charge in [-0.2, -0.15) is 9.61 Å². The first-order chi connectivity index (χ1) is 11.1. The molecule has 1 N–H and O–H groups in total. The molecule has 8 heteroatoms. The first-order valence-electron chi connectivity index (χ1n) is 7.35. The van der Waals surface area contributed by atoms with Crippen LogP contribution in [0.3, 0.4) is 0 Å². The monoisotopic (exact) mass is 352 g/mol. The van der Waals surface area contributed by atoms with Crippen molar-refractivity contribution in [3.05, 3.63) is 45.8 Å². The van der Waals surface area contributed by atoms with Gasteiger partial charge in [0.25, 0.3) is 0 Å². The van der Waals surface area contributed by atoms with E-state index in [1.54, 1.807) is 12.1 Å². The summed E-state index contributed by atoms with van der Waals surface area (Å²) in [6, 6.07) is 4.55. The zero-order chi connectivity index (χ0) is 16.0. The number of likely N-dealkylation sites (tertiary alicyclic amines) is 1. The molecule has 0 radical (unpaired) electrons. The number of benzene rings is 1. The van der Waals surface area contributed by atoms with E-state index in [9.17, 15) is 9.50 Å². The lowest BCUT2D eigenvalue weighted by molar-refractivity contribution is 0.277. The lowest BCUT2D eigenvalue weighted by atomic mass is 10.0. The maximum atomic E-state index is 13.5. The van der Waals surface area contributed by atoms with Crippen LogP contribution in [0.5, 0.6) is 5.88 Å². The van der Waals surface area contributed by atoms with Gasteiger partial charge < -0.3 is 5.11 Å². The molecule has 1 saturated heterocycles. The average molecular weight is 353 g/mol. The number of thiazole rings is 1. The van der Waals surface area contributed by atoms with Gasteiger partial charge in [0.05, 0.1) is 15.9 Å². The highest BCUT2D eigenvalue weighted by Gasteiger charge is 2.31. The first kappa shape index (κ1) is 14.9. The average Bonchev–Trinajstić information content (AvgIpc) is 3.25. The summed E-state index contributed by atoms with van der Waals surface area (Å²) in [5, 5.41) is 14.7. The zero-order valence-corrected chi connectivity index (χ0v) is 13.7. The Kier molecular flexibility index (Phi) is 3.71. The van der Waals surface area contributed by atoms with Crippen molar-refractivity contribution in [2.75, 3.05) is 13.1 Å². The molecule has 1 atom stereocenters. The van der Waals surface area contributed by atoms with Crippen LogP contribution in [0.25, 0.3) is 4.96 Å². The largest absolute Gasteiger partial charge is 0.492 e. The van der Waals surface area contributed by atoms with Gasteiger partial charge in [0.1, 0.15) is 12.1 Å². The predicted octanol–water partition coefficient (Wildman–Crippen LogP) is 3.47. The highest BCUT2D eigenvalue weighted by Crippen LogP contribution is 2.41. The van der Waals surface area contributed by atoms with Crippen LogP contribution in [0.1, 0.15) is 29.3 Å². The molecule has 23 heavy (non-hydrogen) atoms. The number of halogens is 2. The van der Waals surface area contributed by atoms with Crippen LogP contribution < -0.4 is 0 Å². The van der Waals surface area contributed by atoms with E-state index < -0.39 is 5.82 Å². The Morgan fingerprint density at radius 3 is 2.78 bits per heavy atom. The van der Waals surface area contributed by atoms with Gasteiger partial charge in [-0.05, 0) is 43.6 Å².